The molecule has 0 bridgehead atoms. The van der Waals surface area contributed by atoms with Gasteiger partial charge in [0.2, 0.25) is 0 Å². The predicted octanol–water partition coefficient (Wildman–Crippen LogP) is 2.08. The van der Waals surface area contributed by atoms with Crippen LogP contribution in [0.5, 0.6) is 0 Å². The van der Waals surface area contributed by atoms with E-state index in [2.05, 4.69) is 4.98 Å². The number of thiazole rings is 1. The van der Waals surface area contributed by atoms with Crippen molar-refractivity contribution in [2.75, 3.05) is 0 Å². The van der Waals surface area contributed by atoms with Crippen molar-refractivity contribution in [2.45, 2.75) is 45.6 Å². The van der Waals surface area contributed by atoms with E-state index in [1.54, 1.807) is 11.3 Å². The van der Waals surface area contributed by atoms with Gasteiger partial charge in [0.15, 0.2) is 5.78 Å². The number of Topliss-reactive ketones (excluding diaryl/α,β-unsaturated/α-hetero) is 1. The first kappa shape index (κ1) is 12.3. The molecule has 0 aliphatic rings. The third-order valence-electron chi connectivity index (χ3n) is 2.83. The van der Waals surface area contributed by atoms with Crippen molar-refractivity contribution in [3.05, 3.63) is 16.1 Å². The summed E-state index contributed by atoms with van der Waals surface area (Å²) in [7, 11) is 0. The molecule has 0 saturated carbocycles. The highest BCUT2D eigenvalue weighted by atomic mass is 32.1. The highest BCUT2D eigenvalue weighted by molar-refractivity contribution is 7.09. The molecule has 0 unspecified atom stereocenters. The van der Waals surface area contributed by atoms with Crippen molar-refractivity contribution < 1.29 is 4.79 Å². The monoisotopic (exact) mass is 226 g/mol. The summed E-state index contributed by atoms with van der Waals surface area (Å²) in [5.74, 6) is 0.0952. The zero-order chi connectivity index (χ0) is 11.5. The molecule has 2 N–H and O–H groups in total. The van der Waals surface area contributed by atoms with Crippen molar-refractivity contribution >= 4 is 17.1 Å². The van der Waals surface area contributed by atoms with Gasteiger partial charge in [-0.1, -0.05) is 13.8 Å². The Balaban J connectivity index is 2.70. The number of aryl methyl sites for hydroxylation is 1. The summed E-state index contributed by atoms with van der Waals surface area (Å²) in [6.45, 7) is 5.84. The van der Waals surface area contributed by atoms with Gasteiger partial charge in [-0.3, -0.25) is 4.79 Å². The number of carbonyl (C=O) groups is 1. The van der Waals surface area contributed by atoms with Crippen LogP contribution in [0.15, 0.2) is 5.38 Å². The van der Waals surface area contributed by atoms with E-state index in [1.807, 2.05) is 26.2 Å². The van der Waals surface area contributed by atoms with E-state index in [1.165, 1.54) is 0 Å². The van der Waals surface area contributed by atoms with E-state index in [4.69, 9.17) is 5.73 Å². The third-order valence-corrected chi connectivity index (χ3v) is 3.65. The number of nitrogens with two attached hydrogens (primary N) is 1. The molecule has 4 heteroatoms. The Labute approximate surface area is 94.7 Å². The minimum atomic E-state index is -0.669. The molecule has 0 atom stereocenters. The Morgan fingerprint density at radius 3 is 2.53 bits per heavy atom. The summed E-state index contributed by atoms with van der Waals surface area (Å²) in [5.41, 5.74) is 6.20. The van der Waals surface area contributed by atoms with Gasteiger partial charge in [0.25, 0.3) is 0 Å². The Kier molecular flexibility index (Phi) is 3.99. The first-order valence-corrected chi connectivity index (χ1v) is 6.13. The van der Waals surface area contributed by atoms with Crippen molar-refractivity contribution in [3.8, 4) is 0 Å². The van der Waals surface area contributed by atoms with E-state index < -0.39 is 5.54 Å². The summed E-state index contributed by atoms with van der Waals surface area (Å²) in [4.78, 5) is 16.2. The molecule has 0 amide bonds. The van der Waals surface area contributed by atoms with Gasteiger partial charge in [0, 0.05) is 5.38 Å². The molecule has 3 nitrogen and oxygen atoms in total. The third kappa shape index (κ3) is 2.86. The molecule has 1 heterocycles. The van der Waals surface area contributed by atoms with E-state index in [9.17, 15) is 4.79 Å². The highest BCUT2D eigenvalue weighted by Crippen LogP contribution is 2.17. The number of nitrogens with zero attached hydrogens (tertiary/aromatic N) is 1. The van der Waals surface area contributed by atoms with Gasteiger partial charge in [-0.15, -0.1) is 11.3 Å². The minimum Gasteiger partial charge on any atom is -0.319 e. The Bertz CT molecular complexity index is 342. The van der Waals surface area contributed by atoms with Gasteiger partial charge in [0.05, 0.1) is 22.7 Å². The van der Waals surface area contributed by atoms with E-state index in [0.29, 0.717) is 19.3 Å². The van der Waals surface area contributed by atoms with Crippen LogP contribution in [-0.4, -0.2) is 16.3 Å². The van der Waals surface area contributed by atoms with Gasteiger partial charge in [-0.2, -0.15) is 0 Å². The molecular weight excluding hydrogens is 208 g/mol. The quantitative estimate of drug-likeness (QED) is 0.836. The number of carbonyl (C=O) groups excluding carboxylic acids is 1. The molecule has 0 aromatic carbocycles. The van der Waals surface area contributed by atoms with Crippen LogP contribution in [0.25, 0.3) is 0 Å². The molecule has 0 aliphatic carbocycles. The van der Waals surface area contributed by atoms with Crippen LogP contribution in [-0.2, 0) is 11.2 Å². The molecule has 0 fully saturated rings. The average Bonchev–Trinajstić information content (AvgIpc) is 2.62. The fraction of sp³-hybridized carbons (Fsp3) is 0.636. The van der Waals surface area contributed by atoms with Crippen molar-refractivity contribution in [2.24, 2.45) is 5.73 Å². The molecule has 1 rings (SSSR count). The van der Waals surface area contributed by atoms with Crippen LogP contribution in [0.3, 0.4) is 0 Å². The number of hydrogen-bond donors (Lipinski definition) is 1. The molecule has 0 radical (unpaired) electrons. The minimum absolute atomic E-state index is 0.0952. The molecule has 15 heavy (non-hydrogen) atoms. The zero-order valence-corrected chi connectivity index (χ0v) is 10.4. The second kappa shape index (κ2) is 4.86. The Hall–Kier alpha value is -0.740. The fourth-order valence-electron chi connectivity index (χ4n) is 1.47. The number of rotatable bonds is 5. The molecule has 84 valence electrons. The second-order valence-corrected chi connectivity index (χ2v) is 4.88. The number of aromatic nitrogens is 1. The highest BCUT2D eigenvalue weighted by Gasteiger charge is 2.29. The smallest absolute Gasteiger partial charge is 0.158 e. The molecule has 1 aromatic rings. The van der Waals surface area contributed by atoms with Gasteiger partial charge in [-0.05, 0) is 19.8 Å². The average molecular weight is 226 g/mol. The summed E-state index contributed by atoms with van der Waals surface area (Å²) in [5, 5.41) is 2.92. The SMILES string of the molecule is CCC(N)(CC)C(=O)Cc1csc(C)n1. The summed E-state index contributed by atoms with van der Waals surface area (Å²) in [6, 6.07) is 0. The van der Waals surface area contributed by atoms with E-state index in [-0.39, 0.29) is 5.78 Å². The lowest BCUT2D eigenvalue weighted by Crippen LogP contribution is -2.47. The topological polar surface area (TPSA) is 56.0 Å². The number of hydrogen-bond acceptors (Lipinski definition) is 4. The number of ketones is 1. The van der Waals surface area contributed by atoms with Crippen LogP contribution in [0.2, 0.25) is 0 Å². The molecule has 1 aromatic heterocycles. The van der Waals surface area contributed by atoms with Crippen LogP contribution in [0, 0.1) is 6.92 Å². The molecule has 0 saturated heterocycles. The predicted molar refractivity (Wildman–Crippen MR) is 63.1 cm³/mol. The normalized spacial score (nSPS) is 11.7. The summed E-state index contributed by atoms with van der Waals surface area (Å²) >= 11 is 1.57. The van der Waals surface area contributed by atoms with Gasteiger partial charge in [-0.25, -0.2) is 4.98 Å². The first-order chi connectivity index (χ1) is 7.01. The Morgan fingerprint density at radius 2 is 2.13 bits per heavy atom. The van der Waals surface area contributed by atoms with Crippen molar-refractivity contribution in [1.29, 1.82) is 0 Å². The second-order valence-electron chi connectivity index (χ2n) is 3.82. The van der Waals surface area contributed by atoms with Gasteiger partial charge >= 0.3 is 0 Å². The van der Waals surface area contributed by atoms with Gasteiger partial charge in [0.1, 0.15) is 0 Å². The largest absolute Gasteiger partial charge is 0.319 e. The fourth-order valence-corrected chi connectivity index (χ4v) is 2.09. The van der Waals surface area contributed by atoms with Crippen LogP contribution >= 0.6 is 11.3 Å². The van der Waals surface area contributed by atoms with Crippen LogP contribution in [0.1, 0.15) is 37.4 Å². The first-order valence-electron chi connectivity index (χ1n) is 5.25. The maximum Gasteiger partial charge on any atom is 0.158 e. The standard InChI is InChI=1S/C11H18N2OS/c1-4-11(12,5-2)10(14)6-9-7-15-8(3)13-9/h7H,4-6,12H2,1-3H3. The zero-order valence-electron chi connectivity index (χ0n) is 9.54. The van der Waals surface area contributed by atoms with Crippen molar-refractivity contribution in [3.63, 3.8) is 0 Å². The van der Waals surface area contributed by atoms with Crippen LogP contribution in [0.4, 0.5) is 0 Å². The Morgan fingerprint density at radius 1 is 1.53 bits per heavy atom. The molecular formula is C11H18N2OS. The van der Waals surface area contributed by atoms with E-state index in [0.717, 1.165) is 10.7 Å². The molecule has 0 spiro atoms. The lowest BCUT2D eigenvalue weighted by atomic mass is 9.87. The maximum absolute atomic E-state index is 11.9. The lowest BCUT2D eigenvalue weighted by Gasteiger charge is -2.24. The van der Waals surface area contributed by atoms with E-state index >= 15 is 0 Å². The van der Waals surface area contributed by atoms with Gasteiger partial charge < -0.3 is 5.73 Å². The molecule has 0 aliphatic heterocycles. The van der Waals surface area contributed by atoms with Crippen molar-refractivity contribution in [1.82, 2.24) is 4.98 Å². The maximum atomic E-state index is 11.9. The summed E-state index contributed by atoms with van der Waals surface area (Å²) in [6.07, 6.45) is 1.74. The van der Waals surface area contributed by atoms with Crippen LogP contribution < -0.4 is 5.73 Å². The summed E-state index contributed by atoms with van der Waals surface area (Å²) < 4.78 is 0. The lowest BCUT2D eigenvalue weighted by molar-refractivity contribution is -0.123.